The lowest BCUT2D eigenvalue weighted by molar-refractivity contribution is 0.0831. The Morgan fingerprint density at radius 1 is 1.25 bits per heavy atom. The second-order valence-corrected chi connectivity index (χ2v) is 3.46. The van der Waals surface area contributed by atoms with Crippen molar-refractivity contribution >= 4 is 5.82 Å². The minimum Gasteiger partial charge on any atom is -0.495 e. The Kier molecular flexibility index (Phi) is 4.48. The SMILES string of the molecule is COc1ccc(NC(CO)(CO)CO)nc1. The maximum absolute atomic E-state index is 9.10. The van der Waals surface area contributed by atoms with E-state index in [1.807, 2.05) is 0 Å². The molecule has 1 aromatic heterocycles. The molecule has 0 aliphatic rings. The highest BCUT2D eigenvalue weighted by Crippen LogP contribution is 2.15. The van der Waals surface area contributed by atoms with Gasteiger partial charge in [0.2, 0.25) is 0 Å². The van der Waals surface area contributed by atoms with E-state index in [-0.39, 0.29) is 0 Å². The molecular formula is C10H16N2O4. The van der Waals surface area contributed by atoms with Gasteiger partial charge in [-0.2, -0.15) is 0 Å². The molecule has 4 N–H and O–H groups in total. The minimum absolute atomic E-state index is 0.395. The fraction of sp³-hybridized carbons (Fsp3) is 0.500. The average molecular weight is 228 g/mol. The zero-order valence-corrected chi connectivity index (χ0v) is 9.05. The molecule has 0 saturated carbocycles. The lowest BCUT2D eigenvalue weighted by atomic mass is 10.0. The van der Waals surface area contributed by atoms with E-state index in [2.05, 4.69) is 10.3 Å². The second-order valence-electron chi connectivity index (χ2n) is 3.46. The Morgan fingerprint density at radius 2 is 1.88 bits per heavy atom. The van der Waals surface area contributed by atoms with Crippen LogP contribution < -0.4 is 10.1 Å². The molecule has 0 radical (unpaired) electrons. The van der Waals surface area contributed by atoms with Crippen LogP contribution in [0.4, 0.5) is 5.82 Å². The summed E-state index contributed by atoms with van der Waals surface area (Å²) in [4.78, 5) is 4.01. The smallest absolute Gasteiger partial charge is 0.137 e. The summed E-state index contributed by atoms with van der Waals surface area (Å²) in [6, 6.07) is 3.32. The molecule has 0 aromatic carbocycles. The van der Waals surface area contributed by atoms with Crippen molar-refractivity contribution in [2.24, 2.45) is 0 Å². The summed E-state index contributed by atoms with van der Waals surface area (Å²) >= 11 is 0. The van der Waals surface area contributed by atoms with Crippen LogP contribution in [0.2, 0.25) is 0 Å². The van der Waals surface area contributed by atoms with E-state index < -0.39 is 25.4 Å². The van der Waals surface area contributed by atoms with Crippen molar-refractivity contribution in [2.75, 3.05) is 32.2 Å². The summed E-state index contributed by atoms with van der Waals surface area (Å²) in [7, 11) is 1.53. The van der Waals surface area contributed by atoms with Crippen LogP contribution in [0.1, 0.15) is 0 Å². The third kappa shape index (κ3) is 2.82. The fourth-order valence-electron chi connectivity index (χ4n) is 1.12. The maximum Gasteiger partial charge on any atom is 0.137 e. The molecular weight excluding hydrogens is 212 g/mol. The third-order valence-electron chi connectivity index (χ3n) is 2.27. The van der Waals surface area contributed by atoms with Crippen LogP contribution in [0.15, 0.2) is 18.3 Å². The van der Waals surface area contributed by atoms with Gasteiger partial charge in [0.1, 0.15) is 17.1 Å². The number of nitrogens with zero attached hydrogens (tertiary/aromatic N) is 1. The normalized spacial score (nSPS) is 11.2. The first-order valence-corrected chi connectivity index (χ1v) is 4.80. The summed E-state index contributed by atoms with van der Waals surface area (Å²) in [5.74, 6) is 1.05. The van der Waals surface area contributed by atoms with Crippen molar-refractivity contribution < 1.29 is 20.1 Å². The van der Waals surface area contributed by atoms with Gasteiger partial charge in [-0.3, -0.25) is 0 Å². The summed E-state index contributed by atoms with van der Waals surface area (Å²) in [5.41, 5.74) is -1.17. The van der Waals surface area contributed by atoms with Gasteiger partial charge in [-0.1, -0.05) is 0 Å². The number of nitrogens with one attached hydrogen (secondary N) is 1. The molecule has 0 aliphatic carbocycles. The van der Waals surface area contributed by atoms with Crippen LogP contribution in [0.5, 0.6) is 5.75 Å². The quantitative estimate of drug-likeness (QED) is 0.510. The van der Waals surface area contributed by atoms with Gasteiger partial charge in [0.25, 0.3) is 0 Å². The Hall–Kier alpha value is -1.37. The number of anilines is 1. The summed E-state index contributed by atoms with van der Waals surface area (Å²) in [6.45, 7) is -1.19. The number of aromatic nitrogens is 1. The van der Waals surface area contributed by atoms with Gasteiger partial charge < -0.3 is 25.4 Å². The van der Waals surface area contributed by atoms with Gasteiger partial charge in [-0.05, 0) is 12.1 Å². The number of hydrogen-bond acceptors (Lipinski definition) is 6. The van der Waals surface area contributed by atoms with E-state index in [0.717, 1.165) is 0 Å². The molecule has 0 unspecified atom stereocenters. The fourth-order valence-corrected chi connectivity index (χ4v) is 1.12. The molecule has 1 rings (SSSR count). The van der Waals surface area contributed by atoms with Crippen LogP contribution in [0.25, 0.3) is 0 Å². The zero-order chi connectivity index (χ0) is 12.0. The van der Waals surface area contributed by atoms with Gasteiger partial charge in [0.05, 0.1) is 33.1 Å². The van der Waals surface area contributed by atoms with E-state index >= 15 is 0 Å². The molecule has 0 aliphatic heterocycles. The Labute approximate surface area is 93.5 Å². The number of methoxy groups -OCH3 is 1. The van der Waals surface area contributed by atoms with Gasteiger partial charge in [-0.15, -0.1) is 0 Å². The number of ether oxygens (including phenoxy) is 1. The monoisotopic (exact) mass is 228 g/mol. The molecule has 0 atom stereocenters. The molecule has 16 heavy (non-hydrogen) atoms. The van der Waals surface area contributed by atoms with Crippen molar-refractivity contribution in [3.05, 3.63) is 18.3 Å². The molecule has 90 valence electrons. The van der Waals surface area contributed by atoms with E-state index in [1.165, 1.54) is 13.3 Å². The molecule has 0 saturated heterocycles. The first-order valence-electron chi connectivity index (χ1n) is 4.80. The predicted molar refractivity (Wildman–Crippen MR) is 58.4 cm³/mol. The molecule has 0 amide bonds. The van der Waals surface area contributed by atoms with E-state index in [1.54, 1.807) is 12.1 Å². The molecule has 6 heteroatoms. The van der Waals surface area contributed by atoms with Crippen molar-refractivity contribution in [3.63, 3.8) is 0 Å². The second kappa shape index (κ2) is 5.64. The number of pyridine rings is 1. The number of aliphatic hydroxyl groups excluding tert-OH is 3. The van der Waals surface area contributed by atoms with Gasteiger partial charge in [0, 0.05) is 0 Å². The lowest BCUT2D eigenvalue weighted by Crippen LogP contribution is -2.49. The van der Waals surface area contributed by atoms with Crippen molar-refractivity contribution in [1.82, 2.24) is 4.98 Å². The standard InChI is InChI=1S/C10H16N2O4/c1-16-8-2-3-9(11-4-8)12-10(5-13,6-14)7-15/h2-4,13-15H,5-7H2,1H3,(H,11,12). The van der Waals surface area contributed by atoms with Crippen LogP contribution in [0, 0.1) is 0 Å². The number of aliphatic hydroxyl groups is 3. The molecule has 1 aromatic rings. The van der Waals surface area contributed by atoms with E-state index in [0.29, 0.717) is 11.6 Å². The number of rotatable bonds is 6. The van der Waals surface area contributed by atoms with Crippen LogP contribution in [-0.2, 0) is 0 Å². The van der Waals surface area contributed by atoms with Crippen LogP contribution >= 0.6 is 0 Å². The van der Waals surface area contributed by atoms with Crippen molar-refractivity contribution in [1.29, 1.82) is 0 Å². The topological polar surface area (TPSA) is 94.8 Å². The number of hydrogen-bond donors (Lipinski definition) is 4. The van der Waals surface area contributed by atoms with E-state index in [4.69, 9.17) is 20.1 Å². The highest BCUT2D eigenvalue weighted by molar-refractivity contribution is 5.40. The highest BCUT2D eigenvalue weighted by Gasteiger charge is 2.28. The zero-order valence-electron chi connectivity index (χ0n) is 9.05. The molecule has 0 spiro atoms. The average Bonchev–Trinajstić information content (AvgIpc) is 2.37. The van der Waals surface area contributed by atoms with Crippen LogP contribution in [0.3, 0.4) is 0 Å². The largest absolute Gasteiger partial charge is 0.495 e. The summed E-state index contributed by atoms with van der Waals surface area (Å²) < 4.78 is 4.94. The van der Waals surface area contributed by atoms with E-state index in [9.17, 15) is 0 Å². The van der Waals surface area contributed by atoms with Gasteiger partial charge in [0.15, 0.2) is 0 Å². The molecule has 0 bridgehead atoms. The van der Waals surface area contributed by atoms with Crippen molar-refractivity contribution in [3.8, 4) is 5.75 Å². The molecule has 1 heterocycles. The predicted octanol–water partition coefficient (Wildman–Crippen LogP) is -0.782. The molecule has 6 nitrogen and oxygen atoms in total. The minimum atomic E-state index is -1.17. The summed E-state index contributed by atoms with van der Waals surface area (Å²) in [5, 5.41) is 30.1. The van der Waals surface area contributed by atoms with Gasteiger partial charge >= 0.3 is 0 Å². The maximum atomic E-state index is 9.10. The first-order chi connectivity index (χ1) is 7.69. The van der Waals surface area contributed by atoms with Gasteiger partial charge in [-0.25, -0.2) is 4.98 Å². The Balaban J connectivity index is 2.77. The Morgan fingerprint density at radius 3 is 2.25 bits per heavy atom. The highest BCUT2D eigenvalue weighted by atomic mass is 16.5. The lowest BCUT2D eigenvalue weighted by Gasteiger charge is -2.29. The Bertz CT molecular complexity index is 303. The molecule has 0 fully saturated rings. The summed E-state index contributed by atoms with van der Waals surface area (Å²) in [6.07, 6.45) is 1.50. The van der Waals surface area contributed by atoms with Crippen molar-refractivity contribution in [2.45, 2.75) is 5.54 Å². The van der Waals surface area contributed by atoms with Crippen LogP contribution in [-0.4, -0.2) is 52.8 Å². The first kappa shape index (κ1) is 12.7. The third-order valence-corrected chi connectivity index (χ3v) is 2.27.